The van der Waals surface area contributed by atoms with Gasteiger partial charge in [-0.1, -0.05) is 24.3 Å². The van der Waals surface area contributed by atoms with Crippen molar-refractivity contribution in [3.05, 3.63) is 91.3 Å². The molecule has 1 aromatic carbocycles. The fraction of sp³-hybridized carbons (Fsp3) is 0.333. The summed E-state index contributed by atoms with van der Waals surface area (Å²) in [5.74, 6) is 0.297. The van der Waals surface area contributed by atoms with E-state index in [0.717, 1.165) is 32.5 Å². The van der Waals surface area contributed by atoms with Crippen LogP contribution in [0.5, 0.6) is 5.75 Å². The molecule has 1 aliphatic rings. The van der Waals surface area contributed by atoms with E-state index in [4.69, 9.17) is 9.47 Å². The van der Waals surface area contributed by atoms with Crippen molar-refractivity contribution in [1.82, 2.24) is 4.90 Å². The number of nitrogens with zero attached hydrogens (tertiary/aromatic N) is 2. The van der Waals surface area contributed by atoms with Gasteiger partial charge in [0.05, 0.1) is 11.0 Å². The van der Waals surface area contributed by atoms with E-state index in [0.29, 0.717) is 12.4 Å². The van der Waals surface area contributed by atoms with Crippen molar-refractivity contribution < 1.29 is 14.4 Å². The molecule has 6 nitrogen and oxygen atoms in total. The van der Waals surface area contributed by atoms with Crippen LogP contribution in [0.3, 0.4) is 0 Å². The van der Waals surface area contributed by atoms with Crippen molar-refractivity contribution in [3.63, 3.8) is 0 Å². The number of likely N-dealkylation sites (tertiary alicyclic amines) is 1. The predicted octanol–water partition coefficient (Wildman–Crippen LogP) is 5.92. The second-order valence-corrected chi connectivity index (χ2v) is 9.20. The van der Waals surface area contributed by atoms with Crippen LogP contribution in [0.4, 0.5) is 5.69 Å². The van der Waals surface area contributed by atoms with E-state index in [2.05, 4.69) is 44.6 Å². The third-order valence-electron chi connectivity index (χ3n) is 5.48. The number of nitro benzene ring substituents is 1. The molecule has 3 aromatic rings. The molecule has 0 spiro atoms. The lowest BCUT2D eigenvalue weighted by Gasteiger charge is -2.33. The summed E-state index contributed by atoms with van der Waals surface area (Å²) in [5.41, 5.74) is 2.46. The van der Waals surface area contributed by atoms with Gasteiger partial charge in [0, 0.05) is 25.7 Å². The van der Waals surface area contributed by atoms with Gasteiger partial charge in [0.2, 0.25) is 0 Å². The highest BCUT2D eigenvalue weighted by molar-refractivity contribution is 7.08. The van der Waals surface area contributed by atoms with E-state index in [1.807, 2.05) is 6.08 Å². The van der Waals surface area contributed by atoms with Crippen LogP contribution in [-0.2, 0) is 4.74 Å². The van der Waals surface area contributed by atoms with E-state index in [1.165, 1.54) is 17.2 Å². The van der Waals surface area contributed by atoms with Crippen LogP contribution in [0.25, 0.3) is 0 Å². The number of benzene rings is 1. The van der Waals surface area contributed by atoms with Gasteiger partial charge in [-0.25, -0.2) is 0 Å². The topological polar surface area (TPSA) is 64.8 Å². The molecular formula is C24H26N2O4S2. The maximum atomic E-state index is 11.0. The molecule has 0 unspecified atom stereocenters. The molecule has 1 fully saturated rings. The zero-order chi connectivity index (χ0) is 22.2. The predicted molar refractivity (Wildman–Crippen MR) is 129 cm³/mol. The van der Waals surface area contributed by atoms with Crippen LogP contribution in [0, 0.1) is 10.1 Å². The van der Waals surface area contributed by atoms with Crippen LogP contribution in [0.1, 0.15) is 30.1 Å². The van der Waals surface area contributed by atoms with Crippen molar-refractivity contribution in [2.75, 3.05) is 26.2 Å². The Morgan fingerprint density at radius 2 is 1.75 bits per heavy atom. The summed E-state index contributed by atoms with van der Waals surface area (Å²) in [6.45, 7) is 3.12. The van der Waals surface area contributed by atoms with Gasteiger partial charge in [-0.3, -0.25) is 15.0 Å². The summed E-state index contributed by atoms with van der Waals surface area (Å²) >= 11 is 3.41. The maximum Gasteiger partial charge on any atom is 0.310 e. The number of hydrogen-bond acceptors (Lipinski definition) is 7. The average Bonchev–Trinajstić information content (AvgIpc) is 3.53. The van der Waals surface area contributed by atoms with E-state index >= 15 is 0 Å². The molecule has 0 aliphatic carbocycles. The lowest BCUT2D eigenvalue weighted by atomic mass is 10.0. The number of rotatable bonds is 10. The minimum absolute atomic E-state index is 0.00817. The minimum atomic E-state index is -0.424. The highest BCUT2D eigenvalue weighted by atomic mass is 32.1. The number of ether oxygens (including phenoxy) is 2. The molecule has 8 heteroatoms. The molecule has 0 saturated carbocycles. The zero-order valence-electron chi connectivity index (χ0n) is 17.7. The number of hydrogen-bond donors (Lipinski definition) is 0. The molecule has 1 aliphatic heterocycles. The molecule has 1 saturated heterocycles. The lowest BCUT2D eigenvalue weighted by Crippen LogP contribution is -2.37. The monoisotopic (exact) mass is 470 g/mol. The molecule has 0 N–H and O–H groups in total. The Balaban J connectivity index is 1.21. The van der Waals surface area contributed by atoms with E-state index in [1.54, 1.807) is 40.9 Å². The second-order valence-electron chi connectivity index (χ2n) is 7.64. The first-order valence-corrected chi connectivity index (χ1v) is 12.5. The SMILES string of the molecule is O=[N+]([O-])c1ccccc1OC/C=C\CN1CCC(OC(c2ccsc2)c2ccsc2)CC1. The summed E-state index contributed by atoms with van der Waals surface area (Å²) in [6.07, 6.45) is 6.26. The molecule has 3 heterocycles. The summed E-state index contributed by atoms with van der Waals surface area (Å²) in [4.78, 5) is 13.0. The maximum absolute atomic E-state index is 11.0. The van der Waals surface area contributed by atoms with Crippen molar-refractivity contribution in [2.24, 2.45) is 0 Å². The Bertz CT molecular complexity index is 963. The Hall–Kier alpha value is -2.52. The van der Waals surface area contributed by atoms with Crippen molar-refractivity contribution in [2.45, 2.75) is 25.0 Å². The number of para-hydroxylation sites is 2. The first-order chi connectivity index (χ1) is 15.7. The normalized spacial score (nSPS) is 15.5. The van der Waals surface area contributed by atoms with Crippen LogP contribution in [0.2, 0.25) is 0 Å². The minimum Gasteiger partial charge on any atom is -0.483 e. The Labute approximate surface area is 195 Å². The Kier molecular flexibility index (Phi) is 8.06. The molecule has 0 amide bonds. The first-order valence-electron chi connectivity index (χ1n) is 10.6. The van der Waals surface area contributed by atoms with Gasteiger partial charge in [0.1, 0.15) is 12.7 Å². The number of nitro groups is 1. The molecular weight excluding hydrogens is 444 g/mol. The Morgan fingerprint density at radius 1 is 1.06 bits per heavy atom. The fourth-order valence-electron chi connectivity index (χ4n) is 3.78. The quantitative estimate of drug-likeness (QED) is 0.209. The van der Waals surface area contributed by atoms with E-state index < -0.39 is 4.92 Å². The van der Waals surface area contributed by atoms with Crippen molar-refractivity contribution >= 4 is 28.4 Å². The molecule has 0 bridgehead atoms. The van der Waals surface area contributed by atoms with Crippen LogP contribution in [-0.4, -0.2) is 42.2 Å². The number of thiophene rings is 2. The molecule has 32 heavy (non-hydrogen) atoms. The smallest absolute Gasteiger partial charge is 0.310 e. The molecule has 2 aromatic heterocycles. The van der Waals surface area contributed by atoms with Crippen LogP contribution < -0.4 is 4.74 Å². The van der Waals surface area contributed by atoms with Gasteiger partial charge >= 0.3 is 5.69 Å². The van der Waals surface area contributed by atoms with Gasteiger partial charge in [0.15, 0.2) is 5.75 Å². The molecule has 168 valence electrons. The lowest BCUT2D eigenvalue weighted by molar-refractivity contribution is -0.385. The van der Waals surface area contributed by atoms with Crippen LogP contribution >= 0.6 is 22.7 Å². The van der Waals surface area contributed by atoms with Crippen molar-refractivity contribution in [1.29, 1.82) is 0 Å². The first kappa shape index (κ1) is 22.7. The summed E-state index contributed by atoms with van der Waals surface area (Å²) in [7, 11) is 0. The van der Waals surface area contributed by atoms with Gasteiger partial charge < -0.3 is 9.47 Å². The van der Waals surface area contributed by atoms with Gasteiger partial charge in [-0.2, -0.15) is 22.7 Å². The molecule has 0 radical (unpaired) electrons. The standard InChI is InChI=1S/C24H26N2O4S2/c27-26(28)22-5-1-2-6-23(22)29-14-4-3-11-25-12-7-21(8-13-25)30-24(19-9-15-31-17-19)20-10-16-32-18-20/h1-6,9-10,15-18,21,24H,7-8,11-14H2/b4-3-. The van der Waals surface area contributed by atoms with E-state index in [9.17, 15) is 10.1 Å². The van der Waals surface area contributed by atoms with Crippen molar-refractivity contribution in [3.8, 4) is 5.75 Å². The van der Waals surface area contributed by atoms with Crippen LogP contribution in [0.15, 0.2) is 70.1 Å². The zero-order valence-corrected chi connectivity index (χ0v) is 19.3. The highest BCUT2D eigenvalue weighted by Gasteiger charge is 2.25. The molecule has 0 atom stereocenters. The fourth-order valence-corrected chi connectivity index (χ4v) is 5.13. The third kappa shape index (κ3) is 6.04. The summed E-state index contributed by atoms with van der Waals surface area (Å²) in [6, 6.07) is 10.7. The van der Waals surface area contributed by atoms with Gasteiger partial charge in [-0.15, -0.1) is 0 Å². The summed E-state index contributed by atoms with van der Waals surface area (Å²) < 4.78 is 12.1. The second kappa shape index (κ2) is 11.4. The number of piperidine rings is 1. The molecule has 4 rings (SSSR count). The summed E-state index contributed by atoms with van der Waals surface area (Å²) in [5, 5.41) is 19.6. The van der Waals surface area contributed by atoms with E-state index in [-0.39, 0.29) is 17.9 Å². The third-order valence-corrected chi connectivity index (χ3v) is 6.89. The van der Waals surface area contributed by atoms with Gasteiger partial charge in [0.25, 0.3) is 0 Å². The highest BCUT2D eigenvalue weighted by Crippen LogP contribution is 2.32. The Morgan fingerprint density at radius 3 is 2.38 bits per heavy atom. The van der Waals surface area contributed by atoms with Gasteiger partial charge in [-0.05, 0) is 63.7 Å². The average molecular weight is 471 g/mol. The largest absolute Gasteiger partial charge is 0.483 e.